The standard InChI is InChI=1S/C28H39F2N3O5S/c1-26(2,3)19-15-20(18-7-10-28(29,30)11-8-18)31-21-16-22(38-24(19)21)25(35)33-13-12-32(17-27(33,4)5)23(34)9-14-39(6,36)37/h15-16,18H,7-14,17H2,1-6H3. The predicted molar refractivity (Wildman–Crippen MR) is 145 cm³/mol. The number of halogens is 2. The molecule has 0 bridgehead atoms. The number of carbonyl (C=O) groups excluding carboxylic acids is 2. The van der Waals surface area contributed by atoms with Gasteiger partial charge in [0.2, 0.25) is 11.8 Å². The van der Waals surface area contributed by atoms with Gasteiger partial charge in [-0.1, -0.05) is 20.8 Å². The fraction of sp³-hybridized carbons (Fsp3) is 0.679. The van der Waals surface area contributed by atoms with E-state index in [1.807, 2.05) is 40.7 Å². The molecule has 39 heavy (non-hydrogen) atoms. The number of fused-ring (bicyclic) bond motifs is 1. The third-order valence-electron chi connectivity index (χ3n) is 7.84. The van der Waals surface area contributed by atoms with Gasteiger partial charge in [0, 0.05) is 68.4 Å². The zero-order chi connectivity index (χ0) is 29.0. The molecule has 0 N–H and O–H groups in total. The number of alkyl halides is 2. The first-order chi connectivity index (χ1) is 17.9. The number of rotatable bonds is 5. The van der Waals surface area contributed by atoms with E-state index in [1.165, 1.54) is 0 Å². The number of pyridine rings is 1. The molecule has 1 aliphatic carbocycles. The Hall–Kier alpha value is -2.56. The molecule has 2 aromatic heterocycles. The van der Waals surface area contributed by atoms with Crippen LogP contribution >= 0.6 is 0 Å². The lowest BCUT2D eigenvalue weighted by molar-refractivity contribution is -0.135. The molecule has 2 fully saturated rings. The van der Waals surface area contributed by atoms with Gasteiger partial charge in [-0.25, -0.2) is 22.2 Å². The molecule has 1 saturated carbocycles. The first kappa shape index (κ1) is 29.4. The minimum atomic E-state index is -3.25. The fourth-order valence-corrected chi connectivity index (χ4v) is 6.10. The fourth-order valence-electron chi connectivity index (χ4n) is 5.56. The summed E-state index contributed by atoms with van der Waals surface area (Å²) >= 11 is 0. The second-order valence-corrected chi connectivity index (χ2v) is 15.0. The molecule has 0 unspecified atom stereocenters. The Balaban J connectivity index is 1.59. The van der Waals surface area contributed by atoms with Crippen LogP contribution in [0.15, 0.2) is 16.5 Å². The second kappa shape index (κ2) is 10.1. The van der Waals surface area contributed by atoms with Gasteiger partial charge in [-0.2, -0.15) is 0 Å². The van der Waals surface area contributed by atoms with Crippen LogP contribution in [0.3, 0.4) is 0 Å². The van der Waals surface area contributed by atoms with E-state index < -0.39 is 21.3 Å². The number of piperazine rings is 1. The van der Waals surface area contributed by atoms with Crippen LogP contribution in [0.1, 0.15) is 94.5 Å². The van der Waals surface area contributed by atoms with Crippen LogP contribution in [-0.2, 0) is 20.0 Å². The average Bonchev–Trinajstić information content (AvgIpc) is 3.24. The maximum Gasteiger partial charge on any atom is 0.290 e. The van der Waals surface area contributed by atoms with Gasteiger partial charge >= 0.3 is 0 Å². The monoisotopic (exact) mass is 567 g/mol. The lowest BCUT2D eigenvalue weighted by atomic mass is 9.81. The Morgan fingerprint density at radius 1 is 1.13 bits per heavy atom. The Kier molecular flexibility index (Phi) is 7.64. The minimum Gasteiger partial charge on any atom is -0.449 e. The summed E-state index contributed by atoms with van der Waals surface area (Å²) in [5.74, 6) is -3.34. The van der Waals surface area contributed by atoms with Crippen molar-refractivity contribution in [3.8, 4) is 0 Å². The summed E-state index contributed by atoms with van der Waals surface area (Å²) in [5.41, 5.74) is 1.63. The van der Waals surface area contributed by atoms with Gasteiger partial charge in [-0.15, -0.1) is 0 Å². The number of nitrogens with zero attached hydrogens (tertiary/aromatic N) is 3. The Labute approximate surface area is 229 Å². The molecule has 216 valence electrons. The van der Waals surface area contributed by atoms with Crippen LogP contribution in [0.4, 0.5) is 8.78 Å². The molecular formula is C28H39F2N3O5S. The van der Waals surface area contributed by atoms with Crippen LogP contribution in [0.2, 0.25) is 0 Å². The van der Waals surface area contributed by atoms with E-state index in [0.29, 0.717) is 30.5 Å². The molecule has 0 radical (unpaired) electrons. The van der Waals surface area contributed by atoms with Crippen molar-refractivity contribution in [2.24, 2.45) is 0 Å². The molecular weight excluding hydrogens is 528 g/mol. The van der Waals surface area contributed by atoms with Gasteiger partial charge in [0.05, 0.1) is 11.3 Å². The highest BCUT2D eigenvalue weighted by molar-refractivity contribution is 7.90. The number of sulfone groups is 1. The lowest BCUT2D eigenvalue weighted by Gasteiger charge is -2.46. The van der Waals surface area contributed by atoms with Crippen molar-refractivity contribution in [3.05, 3.63) is 29.2 Å². The van der Waals surface area contributed by atoms with E-state index in [4.69, 9.17) is 9.40 Å². The minimum absolute atomic E-state index is 0.0728. The molecule has 0 aromatic carbocycles. The molecule has 0 spiro atoms. The van der Waals surface area contributed by atoms with E-state index in [0.717, 1.165) is 17.5 Å². The summed E-state index contributed by atoms with van der Waals surface area (Å²) in [7, 11) is -3.25. The lowest BCUT2D eigenvalue weighted by Crippen LogP contribution is -2.62. The Morgan fingerprint density at radius 2 is 1.77 bits per heavy atom. The smallest absolute Gasteiger partial charge is 0.290 e. The van der Waals surface area contributed by atoms with E-state index in [-0.39, 0.29) is 67.0 Å². The number of amides is 2. The zero-order valence-electron chi connectivity index (χ0n) is 23.6. The van der Waals surface area contributed by atoms with Crippen molar-refractivity contribution < 1.29 is 31.2 Å². The number of hydrogen-bond donors (Lipinski definition) is 0. The molecule has 2 aromatic rings. The van der Waals surface area contributed by atoms with Crippen molar-refractivity contribution in [1.29, 1.82) is 0 Å². The summed E-state index contributed by atoms with van der Waals surface area (Å²) < 4.78 is 56.6. The van der Waals surface area contributed by atoms with E-state index >= 15 is 0 Å². The molecule has 11 heteroatoms. The largest absolute Gasteiger partial charge is 0.449 e. The van der Waals surface area contributed by atoms with Crippen molar-refractivity contribution >= 4 is 32.8 Å². The van der Waals surface area contributed by atoms with Gasteiger partial charge in [0.1, 0.15) is 15.4 Å². The van der Waals surface area contributed by atoms with Gasteiger partial charge in [0.25, 0.3) is 5.91 Å². The van der Waals surface area contributed by atoms with Crippen LogP contribution in [0, 0.1) is 0 Å². The highest BCUT2D eigenvalue weighted by Gasteiger charge is 2.40. The molecule has 0 atom stereocenters. The summed E-state index contributed by atoms with van der Waals surface area (Å²) in [6.45, 7) is 10.7. The van der Waals surface area contributed by atoms with Crippen molar-refractivity contribution in [2.75, 3.05) is 31.6 Å². The Morgan fingerprint density at radius 3 is 2.33 bits per heavy atom. The predicted octanol–water partition coefficient (Wildman–Crippen LogP) is 4.92. The second-order valence-electron chi connectivity index (χ2n) is 12.8. The Bertz CT molecular complexity index is 1370. The summed E-state index contributed by atoms with van der Waals surface area (Å²) in [5, 5.41) is 0. The van der Waals surface area contributed by atoms with Crippen molar-refractivity contribution in [1.82, 2.24) is 14.8 Å². The number of aromatic nitrogens is 1. The molecule has 1 aliphatic heterocycles. The van der Waals surface area contributed by atoms with E-state index in [2.05, 4.69) is 0 Å². The normalized spacial score (nSPS) is 20.4. The van der Waals surface area contributed by atoms with Crippen LogP contribution in [0.5, 0.6) is 0 Å². The van der Waals surface area contributed by atoms with Crippen LogP contribution in [0.25, 0.3) is 11.1 Å². The third kappa shape index (κ3) is 6.61. The highest BCUT2D eigenvalue weighted by Crippen LogP contribution is 2.42. The maximum atomic E-state index is 13.8. The average molecular weight is 568 g/mol. The zero-order valence-corrected chi connectivity index (χ0v) is 24.5. The molecule has 1 saturated heterocycles. The van der Waals surface area contributed by atoms with E-state index in [1.54, 1.807) is 15.9 Å². The van der Waals surface area contributed by atoms with Gasteiger partial charge in [-0.3, -0.25) is 9.59 Å². The van der Waals surface area contributed by atoms with Gasteiger partial charge in [-0.05, 0) is 38.2 Å². The summed E-state index contributed by atoms with van der Waals surface area (Å²) in [6.07, 6.45) is 1.42. The number of carbonyl (C=O) groups is 2. The summed E-state index contributed by atoms with van der Waals surface area (Å²) in [4.78, 5) is 34.3. The third-order valence-corrected chi connectivity index (χ3v) is 8.79. The maximum absolute atomic E-state index is 13.8. The molecule has 8 nitrogen and oxygen atoms in total. The number of hydrogen-bond acceptors (Lipinski definition) is 6. The highest BCUT2D eigenvalue weighted by atomic mass is 32.2. The SMILES string of the molecule is CC(C)(C)c1cc(C2CCC(F)(F)CC2)nc2cc(C(=O)N3CCN(C(=O)CCS(C)(=O)=O)CC3(C)C)oc12. The quantitative estimate of drug-likeness (QED) is 0.509. The van der Waals surface area contributed by atoms with Crippen LogP contribution in [-0.4, -0.2) is 78.1 Å². The number of furan rings is 1. The van der Waals surface area contributed by atoms with Crippen molar-refractivity contribution in [2.45, 2.75) is 89.5 Å². The van der Waals surface area contributed by atoms with Crippen LogP contribution < -0.4 is 0 Å². The molecule has 2 aliphatic rings. The van der Waals surface area contributed by atoms with Gasteiger partial charge < -0.3 is 14.2 Å². The molecule has 4 rings (SSSR count). The first-order valence-electron chi connectivity index (χ1n) is 13.5. The topological polar surface area (TPSA) is 101 Å². The van der Waals surface area contributed by atoms with Crippen molar-refractivity contribution in [3.63, 3.8) is 0 Å². The van der Waals surface area contributed by atoms with Gasteiger partial charge in [0.15, 0.2) is 11.3 Å². The molecule has 3 heterocycles. The summed E-state index contributed by atoms with van der Waals surface area (Å²) in [6, 6.07) is 3.58. The first-order valence-corrected chi connectivity index (χ1v) is 15.5. The van der Waals surface area contributed by atoms with E-state index in [9.17, 15) is 26.8 Å². The molecule has 2 amide bonds.